The van der Waals surface area contributed by atoms with Crippen LogP contribution in [0, 0.1) is 6.92 Å². The quantitative estimate of drug-likeness (QED) is 0.551. The van der Waals surface area contributed by atoms with Crippen molar-refractivity contribution in [2.75, 3.05) is 19.8 Å². The topological polar surface area (TPSA) is 44.8 Å². The second-order valence-electron chi connectivity index (χ2n) is 4.77. The fraction of sp³-hybridized carbons (Fsp3) is 0.278. The molecule has 4 nitrogen and oxygen atoms in total. The van der Waals surface area contributed by atoms with Crippen LogP contribution in [0.5, 0.6) is 17.2 Å². The summed E-state index contributed by atoms with van der Waals surface area (Å²) < 4.78 is 16.8. The largest absolute Gasteiger partial charge is 0.490 e. The van der Waals surface area contributed by atoms with Gasteiger partial charge in [-0.15, -0.1) is 0 Å². The SMILES string of the molecule is CCOc1cc(C=O)ccc1OCCOc1ccc(C)cc1. The van der Waals surface area contributed by atoms with Gasteiger partial charge in [-0.05, 0) is 44.2 Å². The summed E-state index contributed by atoms with van der Waals surface area (Å²) >= 11 is 0. The maximum atomic E-state index is 10.8. The molecule has 0 unspecified atom stereocenters. The van der Waals surface area contributed by atoms with Crippen LogP contribution >= 0.6 is 0 Å². The molecule has 0 atom stereocenters. The molecular formula is C18H20O4. The van der Waals surface area contributed by atoms with Gasteiger partial charge >= 0.3 is 0 Å². The molecule has 0 saturated heterocycles. The summed E-state index contributed by atoms with van der Waals surface area (Å²) in [7, 11) is 0. The van der Waals surface area contributed by atoms with Gasteiger partial charge in [-0.3, -0.25) is 4.79 Å². The number of ether oxygens (including phenoxy) is 3. The maximum Gasteiger partial charge on any atom is 0.161 e. The first-order chi connectivity index (χ1) is 10.7. The van der Waals surface area contributed by atoms with Gasteiger partial charge in [-0.2, -0.15) is 0 Å². The Balaban J connectivity index is 1.88. The lowest BCUT2D eigenvalue weighted by Gasteiger charge is -2.13. The first-order valence-electron chi connectivity index (χ1n) is 7.27. The molecule has 0 bridgehead atoms. The van der Waals surface area contributed by atoms with Gasteiger partial charge in [0.25, 0.3) is 0 Å². The van der Waals surface area contributed by atoms with Gasteiger partial charge in [0.2, 0.25) is 0 Å². The lowest BCUT2D eigenvalue weighted by Crippen LogP contribution is -2.10. The van der Waals surface area contributed by atoms with Crippen LogP contribution in [0.2, 0.25) is 0 Å². The number of carbonyl (C=O) groups excluding carboxylic acids is 1. The highest BCUT2D eigenvalue weighted by molar-refractivity contribution is 5.76. The zero-order chi connectivity index (χ0) is 15.8. The molecule has 0 aliphatic carbocycles. The standard InChI is InChI=1S/C18H20O4/c1-3-20-18-12-15(13-19)6-9-17(18)22-11-10-21-16-7-4-14(2)5-8-16/h4-9,12-13H,3,10-11H2,1-2H3. The third kappa shape index (κ3) is 4.52. The van der Waals surface area contributed by atoms with Crippen molar-refractivity contribution in [3.8, 4) is 17.2 Å². The summed E-state index contributed by atoms with van der Waals surface area (Å²) in [6, 6.07) is 13.0. The van der Waals surface area contributed by atoms with Crippen molar-refractivity contribution in [1.29, 1.82) is 0 Å². The molecule has 22 heavy (non-hydrogen) atoms. The number of rotatable bonds is 8. The molecule has 0 N–H and O–H groups in total. The van der Waals surface area contributed by atoms with Crippen molar-refractivity contribution in [1.82, 2.24) is 0 Å². The van der Waals surface area contributed by atoms with Crippen LogP contribution in [0.3, 0.4) is 0 Å². The number of benzene rings is 2. The Labute approximate surface area is 130 Å². The average Bonchev–Trinajstić information content (AvgIpc) is 2.54. The van der Waals surface area contributed by atoms with Gasteiger partial charge < -0.3 is 14.2 Å². The summed E-state index contributed by atoms with van der Waals surface area (Å²) in [5.41, 5.74) is 1.76. The average molecular weight is 300 g/mol. The molecule has 2 aromatic carbocycles. The van der Waals surface area contributed by atoms with Gasteiger partial charge in [0.1, 0.15) is 25.2 Å². The summed E-state index contributed by atoms with van der Waals surface area (Å²) in [5.74, 6) is 2.00. The van der Waals surface area contributed by atoms with Gasteiger partial charge in [-0.25, -0.2) is 0 Å². The second kappa shape index (κ2) is 8.08. The molecule has 0 spiro atoms. The predicted molar refractivity (Wildman–Crippen MR) is 85.2 cm³/mol. The van der Waals surface area contributed by atoms with E-state index in [9.17, 15) is 4.79 Å². The van der Waals surface area contributed by atoms with Crippen LogP contribution in [0.1, 0.15) is 22.8 Å². The van der Waals surface area contributed by atoms with Crippen LogP contribution < -0.4 is 14.2 Å². The lowest BCUT2D eigenvalue weighted by molar-refractivity contribution is 0.112. The molecule has 0 fully saturated rings. The zero-order valence-electron chi connectivity index (χ0n) is 12.9. The highest BCUT2D eigenvalue weighted by atomic mass is 16.5. The van der Waals surface area contributed by atoms with Gasteiger partial charge in [-0.1, -0.05) is 17.7 Å². The van der Waals surface area contributed by atoms with Gasteiger partial charge in [0, 0.05) is 5.56 Å². The maximum absolute atomic E-state index is 10.8. The van der Waals surface area contributed by atoms with E-state index in [0.717, 1.165) is 12.0 Å². The Bertz CT molecular complexity index is 605. The first kappa shape index (κ1) is 15.9. The van der Waals surface area contributed by atoms with E-state index in [1.807, 2.05) is 38.1 Å². The minimum atomic E-state index is 0.397. The monoisotopic (exact) mass is 300 g/mol. The van der Waals surface area contributed by atoms with E-state index in [1.165, 1.54) is 5.56 Å². The molecule has 0 amide bonds. The van der Waals surface area contributed by atoms with E-state index in [0.29, 0.717) is 36.9 Å². The summed E-state index contributed by atoms with van der Waals surface area (Å²) in [6.45, 7) is 5.26. The van der Waals surface area contributed by atoms with Crippen molar-refractivity contribution < 1.29 is 19.0 Å². The fourth-order valence-corrected chi connectivity index (χ4v) is 1.93. The molecule has 0 heterocycles. The molecule has 0 aromatic heterocycles. The van der Waals surface area contributed by atoms with Crippen molar-refractivity contribution >= 4 is 6.29 Å². The molecule has 116 valence electrons. The molecule has 4 heteroatoms. The minimum absolute atomic E-state index is 0.397. The molecule has 0 aliphatic heterocycles. The Hall–Kier alpha value is -2.49. The predicted octanol–water partition coefficient (Wildman–Crippen LogP) is 3.66. The molecule has 0 aliphatic rings. The Kier molecular flexibility index (Phi) is 5.83. The summed E-state index contributed by atoms with van der Waals surface area (Å²) in [4.78, 5) is 10.8. The van der Waals surface area contributed by atoms with E-state index in [2.05, 4.69) is 0 Å². The number of aldehydes is 1. The van der Waals surface area contributed by atoms with Crippen LogP contribution in [-0.2, 0) is 0 Å². The molecule has 2 aromatic rings. The highest BCUT2D eigenvalue weighted by Crippen LogP contribution is 2.28. The van der Waals surface area contributed by atoms with Crippen molar-refractivity contribution in [3.63, 3.8) is 0 Å². The number of hydrogen-bond donors (Lipinski definition) is 0. The van der Waals surface area contributed by atoms with Crippen LogP contribution in [0.4, 0.5) is 0 Å². The van der Waals surface area contributed by atoms with Gasteiger partial charge in [0.15, 0.2) is 11.5 Å². The van der Waals surface area contributed by atoms with Crippen molar-refractivity contribution in [3.05, 3.63) is 53.6 Å². The fourth-order valence-electron chi connectivity index (χ4n) is 1.93. The van der Waals surface area contributed by atoms with Crippen molar-refractivity contribution in [2.45, 2.75) is 13.8 Å². The van der Waals surface area contributed by atoms with Crippen LogP contribution in [0.15, 0.2) is 42.5 Å². The van der Waals surface area contributed by atoms with E-state index in [-0.39, 0.29) is 0 Å². The molecule has 2 rings (SSSR count). The number of aryl methyl sites for hydroxylation is 1. The third-order valence-electron chi connectivity index (χ3n) is 3.03. The first-order valence-corrected chi connectivity index (χ1v) is 7.27. The molecular weight excluding hydrogens is 280 g/mol. The highest BCUT2D eigenvalue weighted by Gasteiger charge is 2.06. The Morgan fingerprint density at radius 3 is 2.32 bits per heavy atom. The Morgan fingerprint density at radius 2 is 1.64 bits per heavy atom. The zero-order valence-corrected chi connectivity index (χ0v) is 12.9. The van der Waals surface area contributed by atoms with Crippen LogP contribution in [-0.4, -0.2) is 26.1 Å². The number of carbonyl (C=O) groups is 1. The Morgan fingerprint density at radius 1 is 0.909 bits per heavy atom. The lowest BCUT2D eigenvalue weighted by atomic mass is 10.2. The van der Waals surface area contributed by atoms with Gasteiger partial charge in [0.05, 0.1) is 6.61 Å². The van der Waals surface area contributed by atoms with E-state index >= 15 is 0 Å². The number of hydrogen-bond acceptors (Lipinski definition) is 4. The third-order valence-corrected chi connectivity index (χ3v) is 3.03. The van der Waals surface area contributed by atoms with E-state index in [4.69, 9.17) is 14.2 Å². The molecule has 0 radical (unpaired) electrons. The molecule has 0 saturated carbocycles. The summed E-state index contributed by atoms with van der Waals surface area (Å²) in [6.07, 6.45) is 0.785. The minimum Gasteiger partial charge on any atom is -0.490 e. The van der Waals surface area contributed by atoms with E-state index in [1.54, 1.807) is 18.2 Å². The van der Waals surface area contributed by atoms with E-state index < -0.39 is 0 Å². The smallest absolute Gasteiger partial charge is 0.161 e. The normalized spacial score (nSPS) is 10.1. The summed E-state index contributed by atoms with van der Waals surface area (Å²) in [5, 5.41) is 0. The van der Waals surface area contributed by atoms with Crippen molar-refractivity contribution in [2.24, 2.45) is 0 Å². The second-order valence-corrected chi connectivity index (χ2v) is 4.77. The van der Waals surface area contributed by atoms with Crippen LogP contribution in [0.25, 0.3) is 0 Å².